The summed E-state index contributed by atoms with van der Waals surface area (Å²) >= 11 is 0. The summed E-state index contributed by atoms with van der Waals surface area (Å²) in [5.41, 5.74) is 1.98. The van der Waals surface area contributed by atoms with Gasteiger partial charge >= 0.3 is 0 Å². The molecule has 30 heavy (non-hydrogen) atoms. The molecular weight excluding hydrogens is 376 g/mol. The molecule has 2 aromatic carbocycles. The minimum atomic E-state index is -0.0368. The van der Waals surface area contributed by atoms with E-state index in [1.54, 1.807) is 0 Å². The van der Waals surface area contributed by atoms with Crippen molar-refractivity contribution in [1.82, 2.24) is 10.2 Å². The molecule has 0 radical (unpaired) electrons. The molecule has 5 nitrogen and oxygen atoms in total. The van der Waals surface area contributed by atoms with Crippen LogP contribution >= 0.6 is 0 Å². The summed E-state index contributed by atoms with van der Waals surface area (Å²) < 4.78 is 5.56. The van der Waals surface area contributed by atoms with Crippen molar-refractivity contribution in [3.8, 4) is 5.75 Å². The average molecular weight is 409 g/mol. The van der Waals surface area contributed by atoms with Crippen LogP contribution in [0.25, 0.3) is 0 Å². The third kappa shape index (κ3) is 6.09. The number of piperidine rings is 1. The molecular formula is C25H32N2O3. The Labute approximate surface area is 179 Å². The van der Waals surface area contributed by atoms with E-state index in [2.05, 4.69) is 26.1 Å². The molecule has 1 N–H and O–H groups in total. The zero-order chi connectivity index (χ0) is 21.6. The van der Waals surface area contributed by atoms with Crippen LogP contribution in [0.1, 0.15) is 49.5 Å². The quantitative estimate of drug-likeness (QED) is 0.785. The number of hydrogen-bond acceptors (Lipinski definition) is 3. The summed E-state index contributed by atoms with van der Waals surface area (Å²) in [7, 11) is 0. The van der Waals surface area contributed by atoms with Gasteiger partial charge in [-0.25, -0.2) is 0 Å². The third-order valence-electron chi connectivity index (χ3n) is 5.64. The fraction of sp³-hybridized carbons (Fsp3) is 0.440. The van der Waals surface area contributed by atoms with Gasteiger partial charge in [-0.3, -0.25) is 9.59 Å². The van der Waals surface area contributed by atoms with Gasteiger partial charge in [-0.2, -0.15) is 0 Å². The van der Waals surface area contributed by atoms with Crippen molar-refractivity contribution in [3.05, 3.63) is 65.7 Å². The Morgan fingerprint density at radius 2 is 1.63 bits per heavy atom. The summed E-state index contributed by atoms with van der Waals surface area (Å²) in [6.07, 6.45) is 1.78. The van der Waals surface area contributed by atoms with Crippen molar-refractivity contribution < 1.29 is 14.3 Å². The van der Waals surface area contributed by atoms with E-state index in [1.807, 2.05) is 59.5 Å². The maximum Gasteiger partial charge on any atom is 0.260 e. The fourth-order valence-electron chi connectivity index (χ4n) is 3.60. The second-order valence-electron chi connectivity index (χ2n) is 8.96. The van der Waals surface area contributed by atoms with Gasteiger partial charge in [-0.15, -0.1) is 0 Å². The van der Waals surface area contributed by atoms with Crippen LogP contribution in [0.3, 0.4) is 0 Å². The number of nitrogens with one attached hydrogen (secondary N) is 1. The molecule has 0 saturated carbocycles. The Morgan fingerprint density at radius 3 is 2.23 bits per heavy atom. The third-order valence-corrected chi connectivity index (χ3v) is 5.64. The van der Waals surface area contributed by atoms with Crippen LogP contribution < -0.4 is 10.1 Å². The van der Waals surface area contributed by atoms with Crippen molar-refractivity contribution in [2.24, 2.45) is 5.92 Å². The van der Waals surface area contributed by atoms with Gasteiger partial charge in [0.1, 0.15) is 5.75 Å². The summed E-state index contributed by atoms with van der Waals surface area (Å²) in [5.74, 6) is 1.08. The Morgan fingerprint density at radius 1 is 1.00 bits per heavy atom. The van der Waals surface area contributed by atoms with Crippen LogP contribution in [-0.2, 0) is 10.2 Å². The van der Waals surface area contributed by atoms with E-state index in [9.17, 15) is 9.59 Å². The zero-order valence-corrected chi connectivity index (χ0v) is 18.2. The van der Waals surface area contributed by atoms with Gasteiger partial charge in [-0.1, -0.05) is 51.1 Å². The largest absolute Gasteiger partial charge is 0.484 e. The SMILES string of the molecule is CC(C)(C)c1ccc(C(=O)NCC2CCN(C(=O)COc3ccccc3)CC2)cc1. The first kappa shape index (κ1) is 21.9. The van der Waals surface area contributed by atoms with Gasteiger partial charge in [0.2, 0.25) is 0 Å². The first-order chi connectivity index (χ1) is 14.3. The average Bonchev–Trinajstić information content (AvgIpc) is 2.76. The highest BCUT2D eigenvalue weighted by atomic mass is 16.5. The molecule has 160 valence electrons. The summed E-state index contributed by atoms with van der Waals surface area (Å²) in [5, 5.41) is 3.05. The maximum absolute atomic E-state index is 12.4. The number of hydrogen-bond donors (Lipinski definition) is 1. The number of amides is 2. The summed E-state index contributed by atoms with van der Waals surface area (Å²) in [4.78, 5) is 26.7. The Bertz CT molecular complexity index is 833. The number of likely N-dealkylation sites (tertiary alicyclic amines) is 1. The highest BCUT2D eigenvalue weighted by molar-refractivity contribution is 5.94. The summed E-state index contributed by atoms with van der Waals surface area (Å²) in [6, 6.07) is 17.2. The molecule has 0 aromatic heterocycles. The molecule has 1 fully saturated rings. The van der Waals surface area contributed by atoms with Crippen LogP contribution in [0.5, 0.6) is 5.75 Å². The monoisotopic (exact) mass is 408 g/mol. The number of carbonyl (C=O) groups excluding carboxylic acids is 2. The highest BCUT2D eigenvalue weighted by Crippen LogP contribution is 2.22. The Balaban J connectivity index is 1.39. The maximum atomic E-state index is 12.4. The first-order valence-electron chi connectivity index (χ1n) is 10.7. The topological polar surface area (TPSA) is 58.6 Å². The van der Waals surface area contributed by atoms with Gasteiger partial charge in [-0.05, 0) is 54.0 Å². The molecule has 2 aromatic rings. The number of ether oxygens (including phenoxy) is 1. The Kier molecular flexibility index (Phi) is 7.14. The second kappa shape index (κ2) is 9.79. The molecule has 1 heterocycles. The van der Waals surface area contributed by atoms with Crippen LogP contribution in [0.4, 0.5) is 0 Å². The number of benzene rings is 2. The fourth-order valence-corrected chi connectivity index (χ4v) is 3.60. The van der Waals surface area contributed by atoms with Gasteiger partial charge in [0.15, 0.2) is 6.61 Å². The van der Waals surface area contributed by atoms with Gasteiger partial charge in [0.25, 0.3) is 11.8 Å². The molecule has 0 unspecified atom stereocenters. The normalized spacial score (nSPS) is 15.0. The Hall–Kier alpha value is -2.82. The lowest BCUT2D eigenvalue weighted by Gasteiger charge is -2.32. The number of rotatable bonds is 6. The molecule has 0 bridgehead atoms. The van der Waals surface area contributed by atoms with Crippen molar-refractivity contribution in [2.45, 2.75) is 39.0 Å². The van der Waals surface area contributed by atoms with Crippen LogP contribution in [0.2, 0.25) is 0 Å². The van der Waals surface area contributed by atoms with Gasteiger partial charge < -0.3 is 15.0 Å². The zero-order valence-electron chi connectivity index (χ0n) is 18.2. The predicted molar refractivity (Wildman–Crippen MR) is 119 cm³/mol. The van der Waals surface area contributed by atoms with Crippen molar-refractivity contribution >= 4 is 11.8 Å². The smallest absolute Gasteiger partial charge is 0.260 e. The van der Waals surface area contributed by atoms with Crippen molar-refractivity contribution in [1.29, 1.82) is 0 Å². The number of nitrogens with zero attached hydrogens (tertiary/aromatic N) is 1. The lowest BCUT2D eigenvalue weighted by molar-refractivity contribution is -0.134. The van der Waals surface area contributed by atoms with Crippen LogP contribution in [0.15, 0.2) is 54.6 Å². The first-order valence-corrected chi connectivity index (χ1v) is 10.7. The van der Waals surface area contributed by atoms with E-state index in [4.69, 9.17) is 4.74 Å². The predicted octanol–water partition coefficient (Wildman–Crippen LogP) is 4.03. The molecule has 0 aliphatic carbocycles. The number of para-hydroxylation sites is 1. The molecule has 1 aliphatic rings. The molecule has 1 aliphatic heterocycles. The standard InChI is InChI=1S/C25H32N2O3/c1-25(2,3)21-11-9-20(10-12-21)24(29)26-17-19-13-15-27(16-14-19)23(28)18-30-22-7-5-4-6-8-22/h4-12,19H,13-18H2,1-3H3,(H,26,29). The summed E-state index contributed by atoms with van der Waals surface area (Å²) in [6.45, 7) is 8.60. The van der Waals surface area contributed by atoms with E-state index < -0.39 is 0 Å². The molecule has 0 atom stereocenters. The van der Waals surface area contributed by atoms with E-state index in [0.717, 1.165) is 12.8 Å². The highest BCUT2D eigenvalue weighted by Gasteiger charge is 2.23. The number of carbonyl (C=O) groups is 2. The minimum absolute atomic E-state index is 0.0141. The van der Waals surface area contributed by atoms with E-state index in [1.165, 1.54) is 5.56 Å². The van der Waals surface area contributed by atoms with E-state index in [0.29, 0.717) is 36.9 Å². The lowest BCUT2D eigenvalue weighted by atomic mass is 9.86. The molecule has 0 spiro atoms. The van der Waals surface area contributed by atoms with Gasteiger partial charge in [0.05, 0.1) is 0 Å². The van der Waals surface area contributed by atoms with Crippen LogP contribution in [-0.4, -0.2) is 43.0 Å². The molecule has 5 heteroatoms. The van der Waals surface area contributed by atoms with Crippen LogP contribution in [0, 0.1) is 5.92 Å². The van der Waals surface area contributed by atoms with Crippen molar-refractivity contribution in [2.75, 3.05) is 26.2 Å². The van der Waals surface area contributed by atoms with E-state index in [-0.39, 0.29) is 23.8 Å². The molecule has 2 amide bonds. The van der Waals surface area contributed by atoms with Crippen molar-refractivity contribution in [3.63, 3.8) is 0 Å². The van der Waals surface area contributed by atoms with Gasteiger partial charge in [0, 0.05) is 25.2 Å². The van der Waals surface area contributed by atoms with E-state index >= 15 is 0 Å². The lowest BCUT2D eigenvalue weighted by Crippen LogP contribution is -2.43. The second-order valence-corrected chi connectivity index (χ2v) is 8.96. The minimum Gasteiger partial charge on any atom is -0.484 e. The molecule has 3 rings (SSSR count). The molecule has 1 saturated heterocycles.